The van der Waals surface area contributed by atoms with E-state index in [0.29, 0.717) is 0 Å². The topological polar surface area (TPSA) is 43.1 Å². The number of hydrogen-bond acceptors (Lipinski definition) is 1. The fourth-order valence-electron chi connectivity index (χ4n) is 1.37. The van der Waals surface area contributed by atoms with Crippen molar-refractivity contribution in [3.05, 3.63) is 0 Å². The molecule has 2 heteroatoms. The van der Waals surface area contributed by atoms with E-state index in [1.807, 2.05) is 6.92 Å². The number of primary amides is 1. The van der Waals surface area contributed by atoms with Crippen molar-refractivity contribution in [2.45, 2.75) is 58.8 Å². The molecule has 1 unspecified atom stereocenters. The first kappa shape index (κ1) is 12.5. The summed E-state index contributed by atoms with van der Waals surface area (Å²) in [6, 6.07) is 0. The SMILES string of the molecule is CCCCCCCCC(C)C(N)=O. The van der Waals surface area contributed by atoms with E-state index in [0.717, 1.165) is 12.8 Å². The average molecular weight is 185 g/mol. The Morgan fingerprint density at radius 2 is 1.69 bits per heavy atom. The van der Waals surface area contributed by atoms with Crippen molar-refractivity contribution >= 4 is 5.91 Å². The van der Waals surface area contributed by atoms with Crippen LogP contribution in [0.2, 0.25) is 0 Å². The molecular weight excluding hydrogens is 162 g/mol. The van der Waals surface area contributed by atoms with Gasteiger partial charge in [-0.3, -0.25) is 4.79 Å². The smallest absolute Gasteiger partial charge is 0.220 e. The van der Waals surface area contributed by atoms with Gasteiger partial charge in [0.05, 0.1) is 0 Å². The molecule has 0 heterocycles. The van der Waals surface area contributed by atoms with Crippen molar-refractivity contribution < 1.29 is 4.79 Å². The van der Waals surface area contributed by atoms with E-state index in [2.05, 4.69) is 6.92 Å². The Hall–Kier alpha value is -0.530. The van der Waals surface area contributed by atoms with Crippen LogP contribution < -0.4 is 5.73 Å². The largest absolute Gasteiger partial charge is 0.369 e. The second kappa shape index (κ2) is 8.09. The van der Waals surface area contributed by atoms with E-state index >= 15 is 0 Å². The molecule has 1 amide bonds. The molecule has 78 valence electrons. The highest BCUT2D eigenvalue weighted by Crippen LogP contribution is 2.11. The molecule has 13 heavy (non-hydrogen) atoms. The van der Waals surface area contributed by atoms with Crippen molar-refractivity contribution in [3.8, 4) is 0 Å². The van der Waals surface area contributed by atoms with Crippen molar-refractivity contribution in [1.29, 1.82) is 0 Å². The maximum Gasteiger partial charge on any atom is 0.220 e. The highest BCUT2D eigenvalue weighted by molar-refractivity contribution is 5.76. The molecular formula is C11H23NO. The molecule has 0 radical (unpaired) electrons. The summed E-state index contributed by atoms with van der Waals surface area (Å²) in [4.78, 5) is 10.7. The Labute approximate surface area is 81.9 Å². The Morgan fingerprint density at radius 1 is 1.15 bits per heavy atom. The minimum absolute atomic E-state index is 0.0613. The predicted octanol–water partition coefficient (Wildman–Crippen LogP) is 2.86. The van der Waals surface area contributed by atoms with Gasteiger partial charge in [-0.15, -0.1) is 0 Å². The summed E-state index contributed by atoms with van der Waals surface area (Å²) in [5, 5.41) is 0. The third kappa shape index (κ3) is 7.82. The number of carbonyl (C=O) groups is 1. The number of carbonyl (C=O) groups excluding carboxylic acids is 1. The lowest BCUT2D eigenvalue weighted by molar-refractivity contribution is -0.121. The lowest BCUT2D eigenvalue weighted by atomic mass is 10.0. The van der Waals surface area contributed by atoms with Crippen LogP contribution in [0.5, 0.6) is 0 Å². The van der Waals surface area contributed by atoms with Gasteiger partial charge in [0.25, 0.3) is 0 Å². The van der Waals surface area contributed by atoms with Gasteiger partial charge < -0.3 is 5.73 Å². The van der Waals surface area contributed by atoms with E-state index < -0.39 is 0 Å². The van der Waals surface area contributed by atoms with Crippen LogP contribution in [0.25, 0.3) is 0 Å². The molecule has 0 aliphatic rings. The Bertz CT molecular complexity index is 134. The molecule has 2 nitrogen and oxygen atoms in total. The summed E-state index contributed by atoms with van der Waals surface area (Å²) >= 11 is 0. The van der Waals surface area contributed by atoms with Crippen LogP contribution in [0.1, 0.15) is 58.8 Å². The molecule has 0 aliphatic carbocycles. The average Bonchev–Trinajstić information content (AvgIpc) is 2.10. The molecule has 0 saturated carbocycles. The maximum atomic E-state index is 10.7. The van der Waals surface area contributed by atoms with E-state index in [9.17, 15) is 4.79 Å². The molecule has 0 aliphatic heterocycles. The van der Waals surface area contributed by atoms with Crippen LogP contribution >= 0.6 is 0 Å². The molecule has 0 saturated heterocycles. The van der Waals surface area contributed by atoms with Gasteiger partial charge in [-0.1, -0.05) is 52.4 Å². The van der Waals surface area contributed by atoms with Crippen LogP contribution in [-0.2, 0) is 4.79 Å². The van der Waals surface area contributed by atoms with Crippen molar-refractivity contribution in [1.82, 2.24) is 0 Å². The first-order chi connectivity index (χ1) is 6.18. The fraction of sp³-hybridized carbons (Fsp3) is 0.909. The van der Waals surface area contributed by atoms with Crippen molar-refractivity contribution in [2.24, 2.45) is 11.7 Å². The molecule has 0 aromatic rings. The van der Waals surface area contributed by atoms with Gasteiger partial charge in [-0.2, -0.15) is 0 Å². The third-order valence-corrected chi connectivity index (χ3v) is 2.48. The minimum Gasteiger partial charge on any atom is -0.369 e. The normalized spacial score (nSPS) is 12.8. The second-order valence-corrected chi connectivity index (χ2v) is 3.86. The molecule has 0 rings (SSSR count). The molecule has 0 bridgehead atoms. The molecule has 0 fully saturated rings. The molecule has 0 spiro atoms. The Kier molecular flexibility index (Phi) is 7.76. The highest BCUT2D eigenvalue weighted by atomic mass is 16.1. The standard InChI is InChI=1S/C11H23NO/c1-3-4-5-6-7-8-9-10(2)11(12)13/h10H,3-9H2,1-2H3,(H2,12,13). The van der Waals surface area contributed by atoms with E-state index in [1.54, 1.807) is 0 Å². The zero-order chi connectivity index (χ0) is 10.1. The monoisotopic (exact) mass is 185 g/mol. The van der Waals surface area contributed by atoms with Gasteiger partial charge in [-0.05, 0) is 6.42 Å². The van der Waals surface area contributed by atoms with E-state index in [1.165, 1.54) is 32.1 Å². The molecule has 0 aromatic heterocycles. The third-order valence-electron chi connectivity index (χ3n) is 2.48. The van der Waals surface area contributed by atoms with E-state index in [-0.39, 0.29) is 11.8 Å². The molecule has 0 aromatic carbocycles. The van der Waals surface area contributed by atoms with E-state index in [4.69, 9.17) is 5.73 Å². The minimum atomic E-state index is -0.159. The second-order valence-electron chi connectivity index (χ2n) is 3.86. The summed E-state index contributed by atoms with van der Waals surface area (Å²) in [6.07, 6.45) is 8.62. The number of amides is 1. The lowest BCUT2D eigenvalue weighted by Crippen LogP contribution is -2.20. The van der Waals surface area contributed by atoms with Crippen LogP contribution in [0.3, 0.4) is 0 Å². The predicted molar refractivity (Wildman–Crippen MR) is 56.4 cm³/mol. The van der Waals surface area contributed by atoms with Crippen LogP contribution in [0.15, 0.2) is 0 Å². The summed E-state index contributed by atoms with van der Waals surface area (Å²) in [5.41, 5.74) is 5.16. The van der Waals surface area contributed by atoms with Crippen LogP contribution in [-0.4, -0.2) is 5.91 Å². The summed E-state index contributed by atoms with van der Waals surface area (Å²) in [6.45, 7) is 4.13. The zero-order valence-corrected chi connectivity index (χ0v) is 9.01. The number of rotatable bonds is 8. The first-order valence-corrected chi connectivity index (χ1v) is 5.47. The lowest BCUT2D eigenvalue weighted by Gasteiger charge is -2.05. The van der Waals surface area contributed by atoms with Crippen molar-refractivity contribution in [2.75, 3.05) is 0 Å². The van der Waals surface area contributed by atoms with Gasteiger partial charge in [0.2, 0.25) is 5.91 Å². The van der Waals surface area contributed by atoms with Gasteiger partial charge in [0, 0.05) is 5.92 Å². The highest BCUT2D eigenvalue weighted by Gasteiger charge is 2.06. The number of hydrogen-bond donors (Lipinski definition) is 1. The van der Waals surface area contributed by atoms with Gasteiger partial charge in [-0.25, -0.2) is 0 Å². The van der Waals surface area contributed by atoms with Gasteiger partial charge in [0.15, 0.2) is 0 Å². The van der Waals surface area contributed by atoms with Crippen LogP contribution in [0, 0.1) is 5.92 Å². The van der Waals surface area contributed by atoms with Gasteiger partial charge >= 0.3 is 0 Å². The number of unbranched alkanes of at least 4 members (excludes halogenated alkanes) is 5. The van der Waals surface area contributed by atoms with Gasteiger partial charge in [0.1, 0.15) is 0 Å². The first-order valence-electron chi connectivity index (χ1n) is 5.47. The Balaban J connectivity index is 3.11. The van der Waals surface area contributed by atoms with Crippen molar-refractivity contribution in [3.63, 3.8) is 0 Å². The zero-order valence-electron chi connectivity index (χ0n) is 9.01. The fourth-order valence-corrected chi connectivity index (χ4v) is 1.37. The number of nitrogens with two attached hydrogens (primary N) is 1. The molecule has 2 N–H and O–H groups in total. The summed E-state index contributed by atoms with van der Waals surface area (Å²) in [7, 11) is 0. The quantitative estimate of drug-likeness (QED) is 0.580. The summed E-state index contributed by atoms with van der Waals surface area (Å²) < 4.78 is 0. The summed E-state index contributed by atoms with van der Waals surface area (Å²) in [5.74, 6) is -0.0975. The Morgan fingerprint density at radius 3 is 2.23 bits per heavy atom. The maximum absolute atomic E-state index is 10.7. The van der Waals surface area contributed by atoms with Crippen LogP contribution in [0.4, 0.5) is 0 Å². The molecule has 1 atom stereocenters.